The normalized spacial score (nSPS) is 9.00. The maximum absolute atomic E-state index is 10.3. The minimum atomic E-state index is -1.04. The summed E-state index contributed by atoms with van der Waals surface area (Å²) in [4.78, 5) is 12.2. The van der Waals surface area contributed by atoms with Crippen molar-refractivity contribution in [3.8, 4) is 0 Å². The largest absolute Gasteiger partial charge is 1.00 e. The summed E-state index contributed by atoms with van der Waals surface area (Å²) >= 11 is 0. The fourth-order valence-corrected chi connectivity index (χ4v) is 1.08. The van der Waals surface area contributed by atoms with Gasteiger partial charge in [-0.1, -0.05) is 12.1 Å². The van der Waals surface area contributed by atoms with Crippen LogP contribution in [0.25, 0.3) is 0 Å². The topological polar surface area (TPSA) is 43.4 Å². The number of carboxylic acids is 1. The number of carbonyl (C=O) groups excluding carboxylic acids is 1. The zero-order chi connectivity index (χ0) is 9.84. The van der Waals surface area contributed by atoms with Crippen LogP contribution in [0.2, 0.25) is 0 Å². The summed E-state index contributed by atoms with van der Waals surface area (Å²) in [6.45, 7) is 0. The van der Waals surface area contributed by atoms with Crippen LogP contribution in [0.15, 0.2) is 24.3 Å². The van der Waals surface area contributed by atoms with Crippen LogP contribution < -0.4 is 39.6 Å². The number of nitrogens with zero attached hydrogens (tertiary/aromatic N) is 1. The molecule has 0 radical (unpaired) electrons. The summed E-state index contributed by atoms with van der Waals surface area (Å²) in [6.07, 6.45) is -0.0201. The molecule has 3 nitrogen and oxygen atoms in total. The van der Waals surface area contributed by atoms with Crippen LogP contribution >= 0.6 is 0 Å². The molecule has 0 aromatic heterocycles. The molecule has 0 amide bonds. The van der Waals surface area contributed by atoms with Crippen molar-refractivity contribution in [3.05, 3.63) is 29.8 Å². The zero-order valence-corrected chi connectivity index (χ0v) is 10.8. The van der Waals surface area contributed by atoms with Crippen molar-refractivity contribution in [2.24, 2.45) is 0 Å². The second kappa shape index (κ2) is 6.06. The molecule has 14 heavy (non-hydrogen) atoms. The molecule has 0 heterocycles. The molecule has 0 aliphatic carbocycles. The van der Waals surface area contributed by atoms with Gasteiger partial charge < -0.3 is 14.8 Å². The molecule has 4 heteroatoms. The first-order chi connectivity index (χ1) is 6.09. The quantitative estimate of drug-likeness (QED) is 0.491. The monoisotopic (exact) mass is 201 g/mol. The minimum absolute atomic E-state index is 0. The standard InChI is InChI=1S/C10H13NO2.Na/c1-11(2)9-5-3-8(4-6-9)7-10(12)13;/h3-6H,7H2,1-2H3,(H,12,13);/q;+1/p-1. The Hall–Kier alpha value is -0.510. The molecule has 0 atom stereocenters. The molecule has 1 aromatic rings. The number of aliphatic carboxylic acids is 1. The summed E-state index contributed by atoms with van der Waals surface area (Å²) < 4.78 is 0. The third-order valence-electron chi connectivity index (χ3n) is 1.80. The first-order valence-corrected chi connectivity index (χ1v) is 4.05. The second-order valence-corrected chi connectivity index (χ2v) is 3.11. The average molecular weight is 201 g/mol. The molecular weight excluding hydrogens is 189 g/mol. The average Bonchev–Trinajstić information content (AvgIpc) is 2.04. The molecule has 0 bridgehead atoms. The van der Waals surface area contributed by atoms with Gasteiger partial charge in [-0.2, -0.15) is 0 Å². The summed E-state index contributed by atoms with van der Waals surface area (Å²) in [5, 5.41) is 10.3. The number of hydrogen-bond acceptors (Lipinski definition) is 3. The van der Waals surface area contributed by atoms with Gasteiger partial charge >= 0.3 is 29.6 Å². The SMILES string of the molecule is CN(C)c1ccc(CC(=O)[O-])cc1.[Na+]. The third-order valence-corrected chi connectivity index (χ3v) is 1.80. The zero-order valence-electron chi connectivity index (χ0n) is 8.78. The van der Waals surface area contributed by atoms with Crippen LogP contribution in [0.1, 0.15) is 5.56 Å². The van der Waals surface area contributed by atoms with Crippen molar-refractivity contribution in [1.82, 2.24) is 0 Å². The second-order valence-electron chi connectivity index (χ2n) is 3.11. The molecular formula is C10H12NNaO2. The fourth-order valence-electron chi connectivity index (χ4n) is 1.08. The summed E-state index contributed by atoms with van der Waals surface area (Å²) in [6, 6.07) is 7.37. The van der Waals surface area contributed by atoms with E-state index in [0.29, 0.717) is 0 Å². The van der Waals surface area contributed by atoms with Gasteiger partial charge in [-0.3, -0.25) is 0 Å². The smallest absolute Gasteiger partial charge is 0.550 e. The van der Waals surface area contributed by atoms with Gasteiger partial charge in [0.1, 0.15) is 0 Å². The van der Waals surface area contributed by atoms with E-state index in [0.717, 1.165) is 11.3 Å². The number of carbonyl (C=O) groups is 1. The summed E-state index contributed by atoms with van der Waals surface area (Å²) in [5.41, 5.74) is 1.83. The van der Waals surface area contributed by atoms with E-state index in [1.807, 2.05) is 31.1 Å². The van der Waals surface area contributed by atoms with Crippen LogP contribution in [0.3, 0.4) is 0 Å². The Bertz CT molecular complexity index is 295. The molecule has 0 unspecified atom stereocenters. The molecule has 0 aliphatic heterocycles. The van der Waals surface area contributed by atoms with Gasteiger partial charge in [0.25, 0.3) is 0 Å². The number of carboxylic acid groups (broad SMARTS) is 1. The fraction of sp³-hybridized carbons (Fsp3) is 0.300. The Kier molecular flexibility index (Phi) is 5.84. The maximum Gasteiger partial charge on any atom is 1.00 e. The summed E-state index contributed by atoms with van der Waals surface area (Å²) in [7, 11) is 3.88. The molecule has 70 valence electrons. The Labute approximate surface area is 106 Å². The minimum Gasteiger partial charge on any atom is -0.550 e. The van der Waals surface area contributed by atoms with Crippen LogP contribution in [-0.2, 0) is 11.2 Å². The number of rotatable bonds is 3. The third kappa shape index (κ3) is 4.13. The van der Waals surface area contributed by atoms with Gasteiger partial charge in [0.05, 0.1) is 0 Å². The van der Waals surface area contributed by atoms with E-state index in [-0.39, 0.29) is 36.0 Å². The van der Waals surface area contributed by atoms with Crippen LogP contribution in [0, 0.1) is 0 Å². The van der Waals surface area contributed by atoms with E-state index in [2.05, 4.69) is 0 Å². The molecule has 0 N–H and O–H groups in total. The molecule has 0 saturated heterocycles. The summed E-state index contributed by atoms with van der Waals surface area (Å²) in [5.74, 6) is -1.04. The van der Waals surface area contributed by atoms with Crippen molar-refractivity contribution in [1.29, 1.82) is 0 Å². The molecule has 0 spiro atoms. The predicted octanol–water partition coefficient (Wildman–Crippen LogP) is -2.95. The molecule has 0 saturated carbocycles. The van der Waals surface area contributed by atoms with E-state index in [1.54, 1.807) is 12.1 Å². The van der Waals surface area contributed by atoms with Gasteiger partial charge in [-0.25, -0.2) is 0 Å². The van der Waals surface area contributed by atoms with E-state index < -0.39 is 5.97 Å². The van der Waals surface area contributed by atoms with Crippen molar-refractivity contribution >= 4 is 11.7 Å². The Morgan fingerprint density at radius 1 is 1.29 bits per heavy atom. The Morgan fingerprint density at radius 3 is 2.14 bits per heavy atom. The van der Waals surface area contributed by atoms with Crippen molar-refractivity contribution in [3.63, 3.8) is 0 Å². The van der Waals surface area contributed by atoms with Crippen molar-refractivity contribution in [2.45, 2.75) is 6.42 Å². The van der Waals surface area contributed by atoms with E-state index >= 15 is 0 Å². The first kappa shape index (κ1) is 13.5. The molecule has 1 aromatic carbocycles. The van der Waals surface area contributed by atoms with Gasteiger partial charge in [0, 0.05) is 32.2 Å². The van der Waals surface area contributed by atoms with E-state index in [1.165, 1.54) is 0 Å². The van der Waals surface area contributed by atoms with Crippen LogP contribution in [0.4, 0.5) is 5.69 Å². The van der Waals surface area contributed by atoms with Crippen LogP contribution in [-0.4, -0.2) is 20.1 Å². The van der Waals surface area contributed by atoms with E-state index in [9.17, 15) is 9.90 Å². The van der Waals surface area contributed by atoms with Crippen LogP contribution in [0.5, 0.6) is 0 Å². The Balaban J connectivity index is 0.00000169. The number of anilines is 1. The van der Waals surface area contributed by atoms with Crippen molar-refractivity contribution in [2.75, 3.05) is 19.0 Å². The first-order valence-electron chi connectivity index (χ1n) is 4.05. The van der Waals surface area contributed by atoms with Gasteiger partial charge in [0.15, 0.2) is 0 Å². The van der Waals surface area contributed by atoms with Gasteiger partial charge in [-0.05, 0) is 17.7 Å². The maximum atomic E-state index is 10.3. The van der Waals surface area contributed by atoms with Gasteiger partial charge in [0.2, 0.25) is 0 Å². The number of hydrogen-bond donors (Lipinski definition) is 0. The number of benzene rings is 1. The van der Waals surface area contributed by atoms with Crippen molar-refractivity contribution < 1.29 is 39.5 Å². The Morgan fingerprint density at radius 2 is 1.79 bits per heavy atom. The molecule has 0 aliphatic rings. The van der Waals surface area contributed by atoms with Gasteiger partial charge in [-0.15, -0.1) is 0 Å². The van der Waals surface area contributed by atoms with E-state index in [4.69, 9.17) is 0 Å². The molecule has 1 rings (SSSR count). The molecule has 0 fully saturated rings. The predicted molar refractivity (Wildman–Crippen MR) is 49.5 cm³/mol.